The van der Waals surface area contributed by atoms with Crippen LogP contribution in [0.5, 0.6) is 5.75 Å². The SMILES string of the molecule is [2H]C([2H])([2H])c1ccc(-c2ccnc(-c3[c-]c(-c4cccc5c4nc(-c4cc(C(C)C)cc(C(C)C)c4O)n5-c4ccc(C([2H])([2H])[2H])cc4-c4ccccc4)cc(C(C)(C)C)c3)c2)cc1.[Pt]. The Labute approximate surface area is 372 Å². The second kappa shape index (κ2) is 16.6. The summed E-state index contributed by atoms with van der Waals surface area (Å²) in [5.74, 6) is 0.866. The number of nitrogens with zero attached hydrogens (tertiary/aromatic N) is 3. The van der Waals surface area contributed by atoms with Crippen molar-refractivity contribution in [3.05, 3.63) is 167 Å². The summed E-state index contributed by atoms with van der Waals surface area (Å²) in [6.07, 6.45) is 1.76. The van der Waals surface area contributed by atoms with Gasteiger partial charge in [-0.1, -0.05) is 156 Å². The number of phenols is 1. The number of pyridine rings is 1. The Morgan fingerprint density at radius 3 is 2.08 bits per heavy atom. The fraction of sp³-hybridized carbons (Fsp3) is 0.222. The molecule has 0 saturated heterocycles. The molecule has 59 heavy (non-hydrogen) atoms. The molecule has 0 saturated carbocycles. The number of benzene rings is 6. The average molecular weight is 960 g/mol. The quantitative estimate of drug-likeness (QED) is 0.154. The number of aryl methyl sites for hydroxylation is 2. The van der Waals surface area contributed by atoms with Crippen molar-refractivity contribution < 1.29 is 34.4 Å². The van der Waals surface area contributed by atoms with Crippen molar-refractivity contribution in [1.29, 1.82) is 0 Å². The molecule has 0 unspecified atom stereocenters. The fourth-order valence-corrected chi connectivity index (χ4v) is 7.65. The number of para-hydroxylation sites is 1. The van der Waals surface area contributed by atoms with Crippen molar-refractivity contribution in [2.24, 2.45) is 0 Å². The van der Waals surface area contributed by atoms with Gasteiger partial charge in [0.05, 0.1) is 22.3 Å². The molecule has 0 atom stereocenters. The Bertz CT molecular complexity index is 3020. The van der Waals surface area contributed by atoms with Gasteiger partial charge in [-0.05, 0) is 89.1 Å². The third kappa shape index (κ3) is 8.21. The van der Waals surface area contributed by atoms with Gasteiger partial charge in [0.15, 0.2) is 0 Å². The van der Waals surface area contributed by atoms with E-state index in [-0.39, 0.29) is 55.2 Å². The maximum Gasteiger partial charge on any atom is 0.148 e. The van der Waals surface area contributed by atoms with E-state index < -0.39 is 13.7 Å². The van der Waals surface area contributed by atoms with Crippen molar-refractivity contribution >= 4 is 11.0 Å². The van der Waals surface area contributed by atoms with Crippen LogP contribution in [0.4, 0.5) is 0 Å². The molecule has 0 aliphatic carbocycles. The Morgan fingerprint density at radius 2 is 1.39 bits per heavy atom. The molecule has 300 valence electrons. The average Bonchev–Trinajstić information content (AvgIpc) is 3.65. The first-order chi connectivity index (χ1) is 30.2. The smallest absolute Gasteiger partial charge is 0.148 e. The van der Waals surface area contributed by atoms with Gasteiger partial charge in [-0.3, -0.25) is 9.55 Å². The molecule has 0 fully saturated rings. The van der Waals surface area contributed by atoms with Crippen LogP contribution in [-0.2, 0) is 26.5 Å². The van der Waals surface area contributed by atoms with Crippen LogP contribution >= 0.6 is 0 Å². The van der Waals surface area contributed by atoms with E-state index >= 15 is 0 Å². The maximum atomic E-state index is 12.2. The summed E-state index contributed by atoms with van der Waals surface area (Å²) in [4.78, 5) is 10.3. The summed E-state index contributed by atoms with van der Waals surface area (Å²) in [7, 11) is 0. The molecule has 4 nitrogen and oxygen atoms in total. The fourth-order valence-electron chi connectivity index (χ4n) is 7.65. The van der Waals surface area contributed by atoms with Crippen LogP contribution in [0.25, 0.3) is 72.7 Å². The van der Waals surface area contributed by atoms with E-state index in [2.05, 4.69) is 77.3 Å². The molecule has 5 heteroatoms. The number of imidazole rings is 1. The van der Waals surface area contributed by atoms with Gasteiger partial charge in [0.25, 0.3) is 0 Å². The van der Waals surface area contributed by atoms with Crippen molar-refractivity contribution in [1.82, 2.24) is 14.5 Å². The van der Waals surface area contributed by atoms with Gasteiger partial charge in [-0.15, -0.1) is 29.3 Å². The van der Waals surface area contributed by atoms with Gasteiger partial charge in [0.2, 0.25) is 0 Å². The first kappa shape index (κ1) is 34.3. The van der Waals surface area contributed by atoms with Gasteiger partial charge in [-0.25, -0.2) is 4.98 Å². The van der Waals surface area contributed by atoms with E-state index in [1.807, 2.05) is 84.9 Å². The first-order valence-corrected chi connectivity index (χ1v) is 19.9. The minimum absolute atomic E-state index is 0. The van der Waals surface area contributed by atoms with E-state index in [0.717, 1.165) is 61.3 Å². The van der Waals surface area contributed by atoms with Crippen molar-refractivity contribution in [3.63, 3.8) is 0 Å². The number of rotatable bonds is 8. The molecule has 0 bridgehead atoms. The summed E-state index contributed by atoms with van der Waals surface area (Å²) in [5.41, 5.74) is 12.4. The minimum Gasteiger partial charge on any atom is -0.507 e. The number of aromatic nitrogens is 3. The van der Waals surface area contributed by atoms with Crippen LogP contribution in [-0.4, -0.2) is 19.6 Å². The Hall–Kier alpha value is -5.57. The van der Waals surface area contributed by atoms with Crippen LogP contribution in [0.2, 0.25) is 0 Å². The van der Waals surface area contributed by atoms with E-state index in [0.29, 0.717) is 28.2 Å². The summed E-state index contributed by atoms with van der Waals surface area (Å²) in [5, 5.41) is 12.2. The zero-order valence-electron chi connectivity index (χ0n) is 40.5. The second-order valence-electron chi connectivity index (χ2n) is 16.8. The molecule has 8 aromatic rings. The van der Waals surface area contributed by atoms with E-state index in [1.165, 1.54) is 0 Å². The summed E-state index contributed by atoms with van der Waals surface area (Å²) < 4.78 is 50.5. The van der Waals surface area contributed by atoms with Crippen LogP contribution in [0, 0.1) is 19.8 Å². The normalized spacial score (nSPS) is 13.6. The number of hydrogen-bond donors (Lipinski definition) is 1. The molecular weight excluding hydrogens is 902 g/mol. The number of aromatic hydroxyl groups is 1. The van der Waals surface area contributed by atoms with Crippen molar-refractivity contribution in [3.8, 4) is 67.5 Å². The van der Waals surface area contributed by atoms with Gasteiger partial charge < -0.3 is 5.11 Å². The number of fused-ring (bicyclic) bond motifs is 1. The van der Waals surface area contributed by atoms with E-state index in [4.69, 9.17) is 18.2 Å². The molecule has 1 N–H and O–H groups in total. The van der Waals surface area contributed by atoms with E-state index in [1.54, 1.807) is 30.5 Å². The summed E-state index contributed by atoms with van der Waals surface area (Å²) >= 11 is 0. The molecule has 2 aromatic heterocycles. The van der Waals surface area contributed by atoms with Crippen LogP contribution < -0.4 is 0 Å². The molecule has 0 spiro atoms. The Balaban J connectivity index is 0.00000630. The van der Waals surface area contributed by atoms with Crippen LogP contribution in [0.15, 0.2) is 134 Å². The third-order valence-electron chi connectivity index (χ3n) is 11.0. The molecule has 8 rings (SSSR count). The maximum absolute atomic E-state index is 12.2. The number of hydrogen-bond acceptors (Lipinski definition) is 3. The zero-order chi connectivity index (χ0) is 45.9. The van der Waals surface area contributed by atoms with Gasteiger partial charge in [0.1, 0.15) is 11.6 Å². The largest absolute Gasteiger partial charge is 0.507 e. The molecule has 0 aliphatic heterocycles. The van der Waals surface area contributed by atoms with Gasteiger partial charge in [0, 0.05) is 46.7 Å². The standard InChI is InChI=1S/C54H52N3O.Pt/c1-33(2)40-30-45(34(3)4)52(58)47(31-40)53-56-51-44(16-13-17-50(51)57(53)49-23-20-36(6)26-46(49)38-14-11-10-12-15-38)41-27-42(29-43(28-41)54(7,8)9)48-32-39(24-25-55-48)37-21-18-35(5)19-22-37;/h10-26,28-34,58H,1-9H3;/q-1;/i5D3,6D3;. The van der Waals surface area contributed by atoms with Gasteiger partial charge >= 0.3 is 0 Å². The predicted octanol–water partition coefficient (Wildman–Crippen LogP) is 14.4. The molecule has 6 aromatic carbocycles. The Morgan fingerprint density at radius 1 is 0.661 bits per heavy atom. The topological polar surface area (TPSA) is 50.9 Å². The molecule has 0 amide bonds. The molecule has 0 aliphatic rings. The first-order valence-electron chi connectivity index (χ1n) is 22.9. The van der Waals surface area contributed by atoms with Crippen LogP contribution in [0.1, 0.15) is 96.3 Å². The number of phenolic OH excluding ortho intramolecular Hbond substituents is 1. The monoisotopic (exact) mass is 959 g/mol. The van der Waals surface area contributed by atoms with Crippen molar-refractivity contribution in [2.75, 3.05) is 0 Å². The second-order valence-corrected chi connectivity index (χ2v) is 16.8. The zero-order valence-corrected chi connectivity index (χ0v) is 36.7. The van der Waals surface area contributed by atoms with Crippen molar-refractivity contribution in [2.45, 2.75) is 79.4 Å². The third-order valence-corrected chi connectivity index (χ3v) is 11.0. The molecule has 0 radical (unpaired) electrons. The minimum atomic E-state index is -2.34. The van der Waals surface area contributed by atoms with Crippen LogP contribution in [0.3, 0.4) is 0 Å². The van der Waals surface area contributed by atoms with E-state index in [9.17, 15) is 5.11 Å². The molecule has 2 heterocycles. The van der Waals surface area contributed by atoms with Gasteiger partial charge in [-0.2, -0.15) is 0 Å². The predicted molar refractivity (Wildman–Crippen MR) is 243 cm³/mol. The summed E-state index contributed by atoms with van der Waals surface area (Å²) in [6.45, 7) is 10.4. The summed E-state index contributed by atoms with van der Waals surface area (Å²) in [6, 6.07) is 44.1. The Kier molecular flexibility index (Phi) is 9.65. The molecular formula is C54H52N3OPt-.